The Morgan fingerprint density at radius 3 is 2.31 bits per heavy atom. The van der Waals surface area contributed by atoms with Gasteiger partial charge in [0.25, 0.3) is 0 Å². The first kappa shape index (κ1) is 24.3. The number of hydrazine groups is 1. The normalized spacial score (nSPS) is 16.0. The van der Waals surface area contributed by atoms with E-state index in [2.05, 4.69) is 84.9 Å². The van der Waals surface area contributed by atoms with Crippen LogP contribution in [-0.2, 0) is 6.42 Å². The lowest BCUT2D eigenvalue weighted by Gasteiger charge is -2.32. The second-order valence-electron chi connectivity index (χ2n) is 8.05. The molecule has 4 nitrogen and oxygen atoms in total. The number of halogens is 1. The van der Waals surface area contributed by atoms with Crippen molar-refractivity contribution in [3.8, 4) is 11.1 Å². The highest BCUT2D eigenvalue weighted by atomic mass is 35.5. The number of hydrogen-bond acceptors (Lipinski definition) is 5. The number of hydrogen-bond donors (Lipinski definition) is 2. The predicted octanol–water partition coefficient (Wildman–Crippen LogP) is 5.93. The minimum atomic E-state index is 0.206. The van der Waals surface area contributed by atoms with Gasteiger partial charge in [-0.15, -0.1) is 11.6 Å². The molecular weight excluding hydrogens is 436 g/mol. The molecule has 0 bridgehead atoms. The van der Waals surface area contributed by atoms with Crippen LogP contribution in [-0.4, -0.2) is 34.3 Å². The van der Waals surface area contributed by atoms with E-state index in [4.69, 9.17) is 17.3 Å². The van der Waals surface area contributed by atoms with Crippen LogP contribution in [0.3, 0.4) is 0 Å². The van der Waals surface area contributed by atoms with Crippen molar-refractivity contribution in [2.75, 3.05) is 19.0 Å². The molecule has 32 heavy (non-hydrogen) atoms. The largest absolute Gasteiger partial charge is 0.401 e. The number of benzene rings is 2. The van der Waals surface area contributed by atoms with Crippen molar-refractivity contribution in [3.63, 3.8) is 0 Å². The van der Waals surface area contributed by atoms with Gasteiger partial charge in [-0.1, -0.05) is 63.1 Å². The molecule has 1 saturated heterocycles. The summed E-state index contributed by atoms with van der Waals surface area (Å²) in [4.78, 5) is 1.22. The Labute approximate surface area is 201 Å². The first-order valence-electron chi connectivity index (χ1n) is 10.9. The van der Waals surface area contributed by atoms with Gasteiger partial charge < -0.3 is 11.2 Å². The van der Waals surface area contributed by atoms with E-state index < -0.39 is 0 Å². The summed E-state index contributed by atoms with van der Waals surface area (Å²) in [5.74, 6) is 0.310. The molecule has 0 unspecified atom stereocenters. The number of rotatable bonds is 11. The number of nitrogens with two attached hydrogens (primary N) is 1. The number of nitrogens with zero attached hydrogens (tertiary/aromatic N) is 2. The first-order chi connectivity index (χ1) is 15.4. The first-order valence-corrected chi connectivity index (χ1v) is 12.3. The fourth-order valence-corrected chi connectivity index (χ4v) is 4.98. The summed E-state index contributed by atoms with van der Waals surface area (Å²) < 4.78 is 2.39. The molecule has 2 aromatic carbocycles. The Balaban J connectivity index is 1.64. The average Bonchev–Trinajstić information content (AvgIpc) is 3.26. The molecule has 6 heteroatoms. The number of aryl methyl sites for hydroxylation is 1. The van der Waals surface area contributed by atoms with Crippen molar-refractivity contribution in [2.45, 2.75) is 37.1 Å². The summed E-state index contributed by atoms with van der Waals surface area (Å²) in [5.41, 5.74) is 15.2. The van der Waals surface area contributed by atoms with E-state index in [1.165, 1.54) is 21.6 Å². The van der Waals surface area contributed by atoms with Crippen LogP contribution in [0.4, 0.5) is 0 Å². The zero-order valence-corrected chi connectivity index (χ0v) is 20.4. The molecule has 2 aromatic rings. The molecule has 3 rings (SSSR count). The van der Waals surface area contributed by atoms with Crippen LogP contribution < -0.4 is 11.2 Å². The minimum Gasteiger partial charge on any atom is -0.401 e. The summed E-state index contributed by atoms with van der Waals surface area (Å²) >= 11 is 7.76. The van der Waals surface area contributed by atoms with Crippen molar-refractivity contribution in [3.05, 3.63) is 90.9 Å². The maximum atomic E-state index is 5.99. The molecule has 0 radical (unpaired) electrons. The Morgan fingerprint density at radius 1 is 1.12 bits per heavy atom. The van der Waals surface area contributed by atoms with Gasteiger partial charge in [-0.25, -0.2) is 4.31 Å². The number of allylic oxidation sites excluding steroid dienone is 1. The van der Waals surface area contributed by atoms with Crippen LogP contribution in [0.5, 0.6) is 0 Å². The SMILES string of the molecule is C=C(N)CN(NC(=C)[C@@H]1CCCN1Sc1ccc(-c2ccc(CC)cc2)cc1)C(=C)CCl. The number of alkyl halides is 1. The maximum Gasteiger partial charge on any atom is 0.0779 e. The fraction of sp³-hybridized carbons (Fsp3) is 0.308. The summed E-state index contributed by atoms with van der Waals surface area (Å²) in [5, 5.41) is 1.83. The van der Waals surface area contributed by atoms with Gasteiger partial charge in [-0.3, -0.25) is 5.01 Å². The van der Waals surface area contributed by atoms with Crippen LogP contribution in [0.1, 0.15) is 25.3 Å². The molecule has 1 atom stereocenters. The zero-order chi connectivity index (χ0) is 23.1. The lowest BCUT2D eigenvalue weighted by molar-refractivity contribution is 0.278. The molecule has 170 valence electrons. The zero-order valence-electron chi connectivity index (χ0n) is 18.8. The highest BCUT2D eigenvalue weighted by Crippen LogP contribution is 2.34. The van der Waals surface area contributed by atoms with Gasteiger partial charge in [0.15, 0.2) is 0 Å². The summed E-state index contributed by atoms with van der Waals surface area (Å²) in [6.45, 7) is 15.7. The molecule has 3 N–H and O–H groups in total. The summed E-state index contributed by atoms with van der Waals surface area (Å²) in [6, 6.07) is 17.8. The monoisotopic (exact) mass is 468 g/mol. The topological polar surface area (TPSA) is 44.5 Å². The second kappa shape index (κ2) is 11.5. The summed E-state index contributed by atoms with van der Waals surface area (Å²) in [7, 11) is 0. The lowest BCUT2D eigenvalue weighted by Crippen LogP contribution is -2.43. The van der Waals surface area contributed by atoms with Crippen molar-refractivity contribution >= 4 is 23.5 Å². The van der Waals surface area contributed by atoms with Gasteiger partial charge >= 0.3 is 0 Å². The van der Waals surface area contributed by atoms with Gasteiger partial charge in [0.05, 0.1) is 18.5 Å². The molecule has 0 saturated carbocycles. The van der Waals surface area contributed by atoms with Gasteiger partial charge in [-0.2, -0.15) is 0 Å². The Morgan fingerprint density at radius 2 is 1.75 bits per heavy atom. The average molecular weight is 469 g/mol. The molecule has 0 aliphatic carbocycles. The van der Waals surface area contributed by atoms with Gasteiger partial charge in [-0.05, 0) is 60.0 Å². The quantitative estimate of drug-likeness (QED) is 0.243. The molecule has 0 aromatic heterocycles. The smallest absolute Gasteiger partial charge is 0.0779 e. The summed E-state index contributed by atoms with van der Waals surface area (Å²) in [6.07, 6.45) is 3.23. The minimum absolute atomic E-state index is 0.206. The second-order valence-corrected chi connectivity index (χ2v) is 9.44. The van der Waals surface area contributed by atoms with E-state index in [0.29, 0.717) is 18.1 Å². The Bertz CT molecular complexity index is 939. The Kier molecular flexibility index (Phi) is 8.74. The molecule has 1 heterocycles. The number of nitrogens with one attached hydrogen (secondary N) is 1. The van der Waals surface area contributed by atoms with Crippen LogP contribution in [0.15, 0.2) is 90.3 Å². The van der Waals surface area contributed by atoms with Crippen LogP contribution in [0.2, 0.25) is 0 Å². The van der Waals surface area contributed by atoms with E-state index in [0.717, 1.165) is 37.2 Å². The van der Waals surface area contributed by atoms with E-state index in [1.54, 1.807) is 11.9 Å². The highest BCUT2D eigenvalue weighted by Gasteiger charge is 2.29. The molecule has 1 aliphatic heterocycles. The maximum absolute atomic E-state index is 5.99. The fourth-order valence-electron chi connectivity index (χ4n) is 3.73. The van der Waals surface area contributed by atoms with E-state index >= 15 is 0 Å². The Hall–Kier alpha value is -2.34. The van der Waals surface area contributed by atoms with E-state index in [9.17, 15) is 0 Å². The van der Waals surface area contributed by atoms with Crippen LogP contribution in [0, 0.1) is 0 Å². The third-order valence-electron chi connectivity index (χ3n) is 5.55. The standard InChI is InChI=1S/C26H33ClN4S/c1-5-22-8-10-23(11-9-22)24-12-14-25(15-13-24)32-31-16-6-7-26(31)21(4)29-30(18-19(2)28)20(3)17-27/h8-15,26,29H,2-7,16-18,28H2,1H3/t26-/m0/s1. The highest BCUT2D eigenvalue weighted by molar-refractivity contribution is 7.97. The predicted molar refractivity (Wildman–Crippen MR) is 139 cm³/mol. The third kappa shape index (κ3) is 6.35. The molecule has 1 aliphatic rings. The van der Waals surface area contributed by atoms with Crippen molar-refractivity contribution in [2.24, 2.45) is 5.73 Å². The lowest BCUT2D eigenvalue weighted by atomic mass is 10.0. The van der Waals surface area contributed by atoms with E-state index in [-0.39, 0.29) is 6.04 Å². The van der Waals surface area contributed by atoms with Gasteiger partial charge in [0.1, 0.15) is 0 Å². The van der Waals surface area contributed by atoms with Crippen LogP contribution in [0.25, 0.3) is 11.1 Å². The van der Waals surface area contributed by atoms with Crippen LogP contribution >= 0.6 is 23.5 Å². The van der Waals surface area contributed by atoms with Crippen molar-refractivity contribution in [1.29, 1.82) is 0 Å². The van der Waals surface area contributed by atoms with E-state index in [1.807, 2.05) is 5.01 Å². The van der Waals surface area contributed by atoms with Crippen molar-refractivity contribution < 1.29 is 0 Å². The van der Waals surface area contributed by atoms with Crippen molar-refractivity contribution in [1.82, 2.24) is 14.7 Å². The third-order valence-corrected chi connectivity index (χ3v) is 7.02. The van der Waals surface area contributed by atoms with Gasteiger partial charge in [0.2, 0.25) is 0 Å². The molecule has 1 fully saturated rings. The molecule has 0 amide bonds. The molecular formula is C26H33ClN4S. The van der Waals surface area contributed by atoms with Gasteiger partial charge in [0, 0.05) is 28.5 Å². The molecule has 0 spiro atoms.